The van der Waals surface area contributed by atoms with Crippen LogP contribution in [0.5, 0.6) is 0 Å². The Balaban J connectivity index is 1.45. The fraction of sp³-hybridized carbons (Fsp3) is 0.412. The maximum absolute atomic E-state index is 6.57. The van der Waals surface area contributed by atoms with Crippen LogP contribution in [0.3, 0.4) is 0 Å². The Morgan fingerprint density at radius 1 is 0.700 bits per heavy atom. The molecule has 6 heteroatoms. The van der Waals surface area contributed by atoms with E-state index in [9.17, 15) is 0 Å². The van der Waals surface area contributed by atoms with E-state index in [1.54, 1.807) is 0 Å². The van der Waals surface area contributed by atoms with E-state index in [0.29, 0.717) is 19.8 Å². The Hall–Kier alpha value is -3.02. The van der Waals surface area contributed by atoms with Crippen LogP contribution >= 0.6 is 0 Å². The van der Waals surface area contributed by atoms with Crippen LogP contribution in [0.25, 0.3) is 0 Å². The normalized spacial score (nSPS) is 24.6. The number of rotatable bonds is 9. The van der Waals surface area contributed by atoms with Gasteiger partial charge in [0.25, 0.3) is 0 Å². The summed E-state index contributed by atoms with van der Waals surface area (Å²) in [5, 5.41) is 0. The monoisotopic (exact) mass is 542 g/mol. The van der Waals surface area contributed by atoms with Crippen molar-refractivity contribution < 1.29 is 28.4 Å². The van der Waals surface area contributed by atoms with Gasteiger partial charge in [-0.25, -0.2) is 0 Å². The molecule has 3 aromatic carbocycles. The van der Waals surface area contributed by atoms with Gasteiger partial charge in [0.15, 0.2) is 11.6 Å². The number of hydrogen-bond donors (Lipinski definition) is 0. The second kappa shape index (κ2) is 12.7. The van der Waals surface area contributed by atoms with Gasteiger partial charge in [0.05, 0.1) is 19.8 Å². The first-order valence-electron chi connectivity index (χ1n) is 13.8. The number of benzene rings is 3. The van der Waals surface area contributed by atoms with Crippen molar-refractivity contribution in [1.82, 2.24) is 0 Å². The van der Waals surface area contributed by atoms with Gasteiger partial charge in [-0.3, -0.25) is 0 Å². The van der Waals surface area contributed by atoms with Crippen molar-refractivity contribution in [1.29, 1.82) is 0 Å². The second-order valence-electron chi connectivity index (χ2n) is 11.0. The highest BCUT2D eigenvalue weighted by Crippen LogP contribution is 2.38. The smallest absolute Gasteiger partial charge is 0.164 e. The van der Waals surface area contributed by atoms with E-state index in [1.165, 1.54) is 0 Å². The highest BCUT2D eigenvalue weighted by atomic mass is 16.8. The van der Waals surface area contributed by atoms with E-state index >= 15 is 0 Å². The van der Waals surface area contributed by atoms with E-state index in [-0.39, 0.29) is 6.10 Å². The Labute approximate surface area is 237 Å². The topological polar surface area (TPSA) is 55.4 Å². The average Bonchev–Trinajstić information content (AvgIpc) is 3.48. The lowest BCUT2D eigenvalue weighted by molar-refractivity contribution is -0.190. The van der Waals surface area contributed by atoms with E-state index in [2.05, 4.69) is 11.8 Å². The minimum atomic E-state index is -0.874. The zero-order valence-corrected chi connectivity index (χ0v) is 23.6. The van der Waals surface area contributed by atoms with E-state index < -0.39 is 36.0 Å². The minimum absolute atomic E-state index is 0.361. The fourth-order valence-electron chi connectivity index (χ4n) is 5.02. The summed E-state index contributed by atoms with van der Waals surface area (Å²) >= 11 is 0. The Morgan fingerprint density at radius 3 is 1.82 bits per heavy atom. The maximum atomic E-state index is 6.57. The van der Waals surface area contributed by atoms with Crippen molar-refractivity contribution in [3.63, 3.8) is 0 Å². The van der Waals surface area contributed by atoms with Crippen LogP contribution < -0.4 is 0 Å². The molecule has 6 nitrogen and oxygen atoms in total. The van der Waals surface area contributed by atoms with Crippen LogP contribution in [0.15, 0.2) is 91.0 Å². The lowest BCUT2D eigenvalue weighted by atomic mass is 9.98. The summed E-state index contributed by atoms with van der Waals surface area (Å²) < 4.78 is 38.4. The molecule has 5 atom stereocenters. The molecular formula is C34H38O6. The lowest BCUT2D eigenvalue weighted by Crippen LogP contribution is -2.50. The van der Waals surface area contributed by atoms with Crippen LogP contribution in [0.2, 0.25) is 0 Å². The molecule has 2 aliphatic heterocycles. The lowest BCUT2D eigenvalue weighted by Gasteiger charge is -2.32. The van der Waals surface area contributed by atoms with Gasteiger partial charge in [0.1, 0.15) is 30.5 Å². The summed E-state index contributed by atoms with van der Waals surface area (Å²) in [5.41, 5.74) is 3.01. The average molecular weight is 543 g/mol. The summed E-state index contributed by atoms with van der Waals surface area (Å²) in [4.78, 5) is 0. The highest BCUT2D eigenvalue weighted by Gasteiger charge is 2.53. The van der Waals surface area contributed by atoms with Crippen molar-refractivity contribution >= 4 is 0 Å². The predicted molar refractivity (Wildman–Crippen MR) is 152 cm³/mol. The number of ether oxygens (including phenoxy) is 6. The molecule has 0 aliphatic carbocycles. The molecule has 3 aromatic rings. The molecule has 0 bridgehead atoms. The molecule has 0 radical (unpaired) electrons. The zero-order chi connectivity index (χ0) is 28.0. The van der Waals surface area contributed by atoms with Crippen molar-refractivity contribution in [2.45, 2.75) is 83.0 Å². The molecule has 0 spiro atoms. The van der Waals surface area contributed by atoms with Gasteiger partial charge in [0.2, 0.25) is 0 Å². The van der Waals surface area contributed by atoms with Gasteiger partial charge in [-0.2, -0.15) is 0 Å². The quantitative estimate of drug-likeness (QED) is 0.315. The third kappa shape index (κ3) is 7.58. The molecule has 0 aromatic heterocycles. The summed E-state index contributed by atoms with van der Waals surface area (Å²) in [5.74, 6) is 5.03. The SMILES string of the molecule is CC1(C)O[C@@H]([C@H](OCc2ccccc2)[C@H]2COC(C)(C)O2)[C@@H]([C@H](C#Cc2ccccc2)OCc2ccccc2)O1. The first-order chi connectivity index (χ1) is 19.3. The molecule has 0 N–H and O–H groups in total. The second-order valence-corrected chi connectivity index (χ2v) is 11.0. The molecule has 2 fully saturated rings. The summed E-state index contributed by atoms with van der Waals surface area (Å²) in [7, 11) is 0. The number of hydrogen-bond acceptors (Lipinski definition) is 6. The van der Waals surface area contributed by atoms with Crippen LogP contribution in [-0.4, -0.2) is 48.7 Å². The van der Waals surface area contributed by atoms with Gasteiger partial charge < -0.3 is 28.4 Å². The van der Waals surface area contributed by atoms with Crippen LogP contribution in [0.1, 0.15) is 44.4 Å². The molecule has 0 saturated carbocycles. The Morgan fingerprint density at radius 2 is 1.25 bits per heavy atom. The third-order valence-corrected chi connectivity index (χ3v) is 6.87. The van der Waals surface area contributed by atoms with Crippen LogP contribution in [0, 0.1) is 11.8 Å². The van der Waals surface area contributed by atoms with Gasteiger partial charge in [0, 0.05) is 5.56 Å². The molecule has 2 heterocycles. The predicted octanol–water partition coefficient (Wildman–Crippen LogP) is 5.88. The van der Waals surface area contributed by atoms with Crippen molar-refractivity contribution in [2.75, 3.05) is 6.61 Å². The van der Waals surface area contributed by atoms with E-state index in [0.717, 1.165) is 16.7 Å². The molecule has 0 amide bonds. The summed E-state index contributed by atoms with van der Waals surface area (Å²) in [6.45, 7) is 8.78. The van der Waals surface area contributed by atoms with E-state index in [4.69, 9.17) is 28.4 Å². The van der Waals surface area contributed by atoms with Crippen molar-refractivity contribution in [2.24, 2.45) is 0 Å². The Kier molecular flexibility index (Phi) is 9.02. The summed E-state index contributed by atoms with van der Waals surface area (Å²) in [6, 6.07) is 30.0. The van der Waals surface area contributed by atoms with Crippen LogP contribution in [-0.2, 0) is 41.6 Å². The molecule has 40 heavy (non-hydrogen) atoms. The van der Waals surface area contributed by atoms with Gasteiger partial charge in [-0.1, -0.05) is 90.7 Å². The van der Waals surface area contributed by atoms with Gasteiger partial charge in [-0.15, -0.1) is 0 Å². The zero-order valence-electron chi connectivity index (χ0n) is 23.6. The minimum Gasteiger partial charge on any atom is -0.368 e. The first kappa shape index (κ1) is 28.5. The maximum Gasteiger partial charge on any atom is 0.164 e. The van der Waals surface area contributed by atoms with E-state index in [1.807, 2.05) is 119 Å². The van der Waals surface area contributed by atoms with Gasteiger partial charge in [-0.05, 0) is 51.0 Å². The molecule has 2 aliphatic rings. The molecule has 2 saturated heterocycles. The van der Waals surface area contributed by atoms with Crippen molar-refractivity contribution in [3.8, 4) is 11.8 Å². The fourth-order valence-corrected chi connectivity index (χ4v) is 5.02. The summed E-state index contributed by atoms with van der Waals surface area (Å²) in [6.07, 6.45) is -2.50. The first-order valence-corrected chi connectivity index (χ1v) is 13.8. The van der Waals surface area contributed by atoms with Crippen molar-refractivity contribution in [3.05, 3.63) is 108 Å². The Bertz CT molecular complexity index is 1270. The standard InChI is InChI=1S/C34H38O6/c1-33(2)37-24-29(38-33)30(36-23-27-18-12-7-13-19-27)32-31(39-34(3,4)40-32)28(21-20-25-14-8-5-9-15-25)35-22-26-16-10-6-11-17-26/h5-19,28-32H,22-24H2,1-4H3/t28-,29+,30+,31+,32-/m0/s1. The molecule has 5 rings (SSSR count). The van der Waals surface area contributed by atoms with Gasteiger partial charge >= 0.3 is 0 Å². The third-order valence-electron chi connectivity index (χ3n) is 6.87. The molecule has 210 valence electrons. The largest absolute Gasteiger partial charge is 0.368 e. The van der Waals surface area contributed by atoms with Crippen LogP contribution in [0.4, 0.5) is 0 Å². The molecular weight excluding hydrogens is 504 g/mol. The molecule has 0 unspecified atom stereocenters. The highest BCUT2D eigenvalue weighted by molar-refractivity contribution is 5.35.